The maximum absolute atomic E-state index is 13.1. The first kappa shape index (κ1) is 21.5. The van der Waals surface area contributed by atoms with E-state index in [4.69, 9.17) is 0 Å². The third-order valence-electron chi connectivity index (χ3n) is 6.27. The molecule has 0 amide bonds. The zero-order valence-corrected chi connectivity index (χ0v) is 18.8. The summed E-state index contributed by atoms with van der Waals surface area (Å²) in [6, 6.07) is 24.9. The molecule has 1 atom stereocenters. The molecule has 1 aliphatic rings. The zero-order chi connectivity index (χ0) is 21.7. The van der Waals surface area contributed by atoms with Crippen LogP contribution in [0.5, 0.6) is 0 Å². The van der Waals surface area contributed by atoms with E-state index in [0.717, 1.165) is 38.5 Å². The highest BCUT2D eigenvalue weighted by Gasteiger charge is 2.24. The van der Waals surface area contributed by atoms with Crippen LogP contribution in [0.3, 0.4) is 0 Å². The van der Waals surface area contributed by atoms with Gasteiger partial charge in [0.2, 0.25) is 9.84 Å². The number of sulfone groups is 1. The monoisotopic (exact) mass is 431 g/mol. The lowest BCUT2D eigenvalue weighted by molar-refractivity contribution is 0.526. The summed E-state index contributed by atoms with van der Waals surface area (Å²) in [6.07, 6.45) is 6.09. The van der Waals surface area contributed by atoms with Gasteiger partial charge < -0.3 is 0 Å². The molecule has 4 rings (SSSR count). The summed E-state index contributed by atoms with van der Waals surface area (Å²) >= 11 is 0. The molecular formula is C27H29NO2S. The predicted molar refractivity (Wildman–Crippen MR) is 127 cm³/mol. The van der Waals surface area contributed by atoms with Gasteiger partial charge in [-0.3, -0.25) is 4.99 Å². The summed E-state index contributed by atoms with van der Waals surface area (Å²) in [5, 5.41) is 0. The normalized spacial score (nSPS) is 16.7. The molecule has 31 heavy (non-hydrogen) atoms. The molecule has 0 aromatic heterocycles. The number of aryl methyl sites for hydroxylation is 1. The SMILES string of the molecule is CN=C(CCC1CCCc2ccc(S(=O)(=O)c3ccccc3)cc21)Cc1ccccc1. The zero-order valence-electron chi connectivity index (χ0n) is 18.0. The number of rotatable bonds is 7. The summed E-state index contributed by atoms with van der Waals surface area (Å²) in [5.41, 5.74) is 4.98. The van der Waals surface area contributed by atoms with Crippen molar-refractivity contribution in [2.45, 2.75) is 54.2 Å². The second-order valence-corrected chi connectivity index (χ2v) is 10.2. The van der Waals surface area contributed by atoms with E-state index in [1.165, 1.54) is 22.4 Å². The fraction of sp³-hybridized carbons (Fsp3) is 0.296. The van der Waals surface area contributed by atoms with Crippen molar-refractivity contribution in [1.29, 1.82) is 0 Å². The Bertz CT molecular complexity index is 1150. The molecule has 0 heterocycles. The van der Waals surface area contributed by atoms with E-state index >= 15 is 0 Å². The van der Waals surface area contributed by atoms with E-state index in [9.17, 15) is 8.42 Å². The summed E-state index contributed by atoms with van der Waals surface area (Å²) in [4.78, 5) is 5.29. The highest BCUT2D eigenvalue weighted by molar-refractivity contribution is 7.91. The number of aliphatic imine (C=N–C) groups is 1. The van der Waals surface area contributed by atoms with Gasteiger partial charge in [0.25, 0.3) is 0 Å². The maximum atomic E-state index is 13.1. The number of fused-ring (bicyclic) bond motifs is 1. The molecule has 0 radical (unpaired) electrons. The number of benzene rings is 3. The molecular weight excluding hydrogens is 402 g/mol. The molecule has 3 aromatic carbocycles. The first-order chi connectivity index (χ1) is 15.1. The van der Waals surface area contributed by atoms with Crippen LogP contribution in [0.4, 0.5) is 0 Å². The highest BCUT2D eigenvalue weighted by Crippen LogP contribution is 2.37. The van der Waals surface area contributed by atoms with E-state index < -0.39 is 9.84 Å². The molecule has 0 aliphatic heterocycles. The van der Waals surface area contributed by atoms with Crippen LogP contribution >= 0.6 is 0 Å². The fourth-order valence-corrected chi connectivity index (χ4v) is 5.85. The van der Waals surface area contributed by atoms with Gasteiger partial charge in [-0.05, 0) is 79.0 Å². The first-order valence-corrected chi connectivity index (χ1v) is 12.5. The first-order valence-electron chi connectivity index (χ1n) is 11.0. The van der Waals surface area contributed by atoms with Gasteiger partial charge >= 0.3 is 0 Å². The summed E-state index contributed by atoms with van der Waals surface area (Å²) in [6.45, 7) is 0. The van der Waals surface area contributed by atoms with Gasteiger partial charge in [0.15, 0.2) is 0 Å². The molecule has 4 heteroatoms. The molecule has 160 valence electrons. The fourth-order valence-electron chi connectivity index (χ4n) is 4.53. The van der Waals surface area contributed by atoms with Crippen molar-refractivity contribution >= 4 is 15.5 Å². The van der Waals surface area contributed by atoms with E-state index in [1.807, 2.05) is 31.3 Å². The van der Waals surface area contributed by atoms with Crippen LogP contribution < -0.4 is 0 Å². The Labute approximate surface area is 185 Å². The molecule has 0 saturated heterocycles. The number of hydrogen-bond acceptors (Lipinski definition) is 3. The smallest absolute Gasteiger partial charge is 0.206 e. The molecule has 0 spiro atoms. The molecule has 0 bridgehead atoms. The minimum absolute atomic E-state index is 0.352. The van der Waals surface area contributed by atoms with Crippen molar-refractivity contribution in [2.75, 3.05) is 7.05 Å². The number of hydrogen-bond donors (Lipinski definition) is 0. The largest absolute Gasteiger partial charge is 0.297 e. The molecule has 1 aliphatic carbocycles. The predicted octanol–water partition coefficient (Wildman–Crippen LogP) is 6.03. The lowest BCUT2D eigenvalue weighted by atomic mass is 9.80. The standard InChI is InChI=1S/C27H29NO2S/c1-28-24(19-21-9-4-2-5-10-21)17-15-22-11-8-12-23-16-18-26(20-27(22)23)31(29,30)25-13-6-3-7-14-25/h2-7,9-10,13-14,16,18,20,22H,8,11-12,15,17,19H2,1H3. The Morgan fingerprint density at radius 3 is 2.35 bits per heavy atom. The van der Waals surface area contributed by atoms with E-state index in [0.29, 0.717) is 15.7 Å². The van der Waals surface area contributed by atoms with Crippen LogP contribution in [0.1, 0.15) is 48.3 Å². The molecule has 0 fully saturated rings. The van der Waals surface area contributed by atoms with Gasteiger partial charge in [-0.15, -0.1) is 0 Å². The molecule has 1 unspecified atom stereocenters. The van der Waals surface area contributed by atoms with E-state index in [-0.39, 0.29) is 0 Å². The quantitative estimate of drug-likeness (QED) is 0.429. The van der Waals surface area contributed by atoms with Crippen LogP contribution in [-0.2, 0) is 22.7 Å². The lowest BCUT2D eigenvalue weighted by Gasteiger charge is -2.26. The Balaban J connectivity index is 1.54. The molecule has 3 nitrogen and oxygen atoms in total. The number of nitrogens with zero attached hydrogens (tertiary/aromatic N) is 1. The minimum atomic E-state index is -3.50. The van der Waals surface area contributed by atoms with Gasteiger partial charge in [0.1, 0.15) is 0 Å². The van der Waals surface area contributed by atoms with E-state index in [2.05, 4.69) is 29.3 Å². The average Bonchev–Trinajstić information content (AvgIpc) is 2.82. The lowest BCUT2D eigenvalue weighted by Crippen LogP contribution is -2.14. The third kappa shape index (κ3) is 4.96. The van der Waals surface area contributed by atoms with Crippen molar-refractivity contribution in [3.8, 4) is 0 Å². The Hall–Kier alpha value is -2.72. The van der Waals surface area contributed by atoms with Gasteiger partial charge in [-0.2, -0.15) is 0 Å². The molecule has 0 N–H and O–H groups in total. The Morgan fingerprint density at radius 1 is 0.935 bits per heavy atom. The van der Waals surface area contributed by atoms with Crippen molar-refractivity contribution in [1.82, 2.24) is 0 Å². The van der Waals surface area contributed by atoms with Crippen LogP contribution in [0, 0.1) is 0 Å². The van der Waals surface area contributed by atoms with Crippen molar-refractivity contribution in [3.05, 3.63) is 95.6 Å². The van der Waals surface area contributed by atoms with Crippen LogP contribution in [0.15, 0.2) is 93.6 Å². The van der Waals surface area contributed by atoms with Gasteiger partial charge in [0.05, 0.1) is 9.79 Å². The summed E-state index contributed by atoms with van der Waals surface area (Å²) < 4.78 is 26.2. The average molecular weight is 432 g/mol. The summed E-state index contributed by atoms with van der Waals surface area (Å²) in [5.74, 6) is 0.377. The van der Waals surface area contributed by atoms with Crippen molar-refractivity contribution < 1.29 is 8.42 Å². The topological polar surface area (TPSA) is 46.5 Å². The van der Waals surface area contributed by atoms with Crippen molar-refractivity contribution in [3.63, 3.8) is 0 Å². The van der Waals surface area contributed by atoms with E-state index in [1.54, 1.807) is 30.3 Å². The van der Waals surface area contributed by atoms with Gasteiger partial charge in [-0.25, -0.2) is 8.42 Å². The van der Waals surface area contributed by atoms with Gasteiger partial charge in [-0.1, -0.05) is 54.6 Å². The highest BCUT2D eigenvalue weighted by atomic mass is 32.2. The Morgan fingerprint density at radius 2 is 1.65 bits per heavy atom. The van der Waals surface area contributed by atoms with Crippen LogP contribution in [0.2, 0.25) is 0 Å². The second kappa shape index (κ2) is 9.61. The van der Waals surface area contributed by atoms with Gasteiger partial charge in [0, 0.05) is 19.2 Å². The maximum Gasteiger partial charge on any atom is 0.206 e. The molecule has 3 aromatic rings. The third-order valence-corrected chi connectivity index (χ3v) is 8.04. The minimum Gasteiger partial charge on any atom is -0.297 e. The second-order valence-electron chi connectivity index (χ2n) is 8.26. The van der Waals surface area contributed by atoms with Crippen LogP contribution in [0.25, 0.3) is 0 Å². The van der Waals surface area contributed by atoms with Crippen molar-refractivity contribution in [2.24, 2.45) is 4.99 Å². The Kier molecular flexibility index (Phi) is 6.67. The summed E-state index contributed by atoms with van der Waals surface area (Å²) in [7, 11) is -1.62. The molecule has 0 saturated carbocycles. The van der Waals surface area contributed by atoms with Crippen LogP contribution in [-0.4, -0.2) is 21.2 Å².